The monoisotopic (exact) mass is 216 g/mol. The molecule has 0 aliphatic carbocycles. The summed E-state index contributed by atoms with van der Waals surface area (Å²) in [5.41, 5.74) is 0. The van der Waals surface area contributed by atoms with Crippen molar-refractivity contribution in [3.05, 3.63) is 0 Å². The standard InChI is InChI=1S/C11H20O4/c1-2-3-4-5-6-9(11(14)15)7-8-10(12)13/h9H,2-8H2,1H3,(H,12,13)(H,14,15)/t9-/m0/s1. The molecule has 0 aliphatic heterocycles. The van der Waals surface area contributed by atoms with Gasteiger partial charge in [-0.15, -0.1) is 0 Å². The Morgan fingerprint density at radius 2 is 1.73 bits per heavy atom. The van der Waals surface area contributed by atoms with Crippen LogP contribution in [0.15, 0.2) is 0 Å². The largest absolute Gasteiger partial charge is 0.481 e. The minimum absolute atomic E-state index is 0.0508. The number of aliphatic carboxylic acids is 2. The Morgan fingerprint density at radius 3 is 2.20 bits per heavy atom. The van der Waals surface area contributed by atoms with Crippen LogP contribution < -0.4 is 0 Å². The van der Waals surface area contributed by atoms with E-state index in [9.17, 15) is 9.59 Å². The van der Waals surface area contributed by atoms with Crippen LogP contribution in [0, 0.1) is 5.92 Å². The van der Waals surface area contributed by atoms with Gasteiger partial charge < -0.3 is 10.2 Å². The van der Waals surface area contributed by atoms with Crippen LogP contribution in [0.5, 0.6) is 0 Å². The third kappa shape index (κ3) is 7.97. The van der Waals surface area contributed by atoms with Gasteiger partial charge in [-0.3, -0.25) is 9.59 Å². The SMILES string of the molecule is CCCCCC[C@@H](CCC(=O)O)C(=O)O. The normalized spacial score (nSPS) is 12.3. The number of carbonyl (C=O) groups is 2. The fourth-order valence-electron chi connectivity index (χ4n) is 1.51. The van der Waals surface area contributed by atoms with Gasteiger partial charge in [0.05, 0.1) is 5.92 Å². The summed E-state index contributed by atoms with van der Waals surface area (Å²) < 4.78 is 0. The Hall–Kier alpha value is -1.06. The highest BCUT2D eigenvalue weighted by Gasteiger charge is 2.17. The maximum Gasteiger partial charge on any atom is 0.306 e. The van der Waals surface area contributed by atoms with Crippen molar-refractivity contribution in [2.24, 2.45) is 5.92 Å². The van der Waals surface area contributed by atoms with Crippen molar-refractivity contribution >= 4 is 11.9 Å². The second-order valence-corrected chi connectivity index (χ2v) is 3.82. The predicted molar refractivity (Wildman–Crippen MR) is 56.8 cm³/mol. The Labute approximate surface area is 90.3 Å². The van der Waals surface area contributed by atoms with Crippen LogP contribution in [-0.2, 0) is 9.59 Å². The number of rotatable bonds is 9. The van der Waals surface area contributed by atoms with Gasteiger partial charge in [0.15, 0.2) is 0 Å². The lowest BCUT2D eigenvalue weighted by Gasteiger charge is -2.10. The second-order valence-electron chi connectivity index (χ2n) is 3.82. The quantitative estimate of drug-likeness (QED) is 0.581. The first-order valence-corrected chi connectivity index (χ1v) is 5.52. The summed E-state index contributed by atoms with van der Waals surface area (Å²) in [6.07, 6.45) is 4.94. The highest BCUT2D eigenvalue weighted by molar-refractivity contribution is 5.72. The Bertz CT molecular complexity index is 201. The summed E-state index contributed by atoms with van der Waals surface area (Å²) in [4.78, 5) is 21.1. The molecule has 0 radical (unpaired) electrons. The van der Waals surface area contributed by atoms with Crippen LogP contribution in [0.25, 0.3) is 0 Å². The molecule has 0 heterocycles. The molecule has 2 N–H and O–H groups in total. The topological polar surface area (TPSA) is 74.6 Å². The van der Waals surface area contributed by atoms with Gasteiger partial charge in [0.25, 0.3) is 0 Å². The molecule has 0 aliphatic rings. The van der Waals surface area contributed by atoms with Gasteiger partial charge in [0.2, 0.25) is 0 Å². The molecule has 1 atom stereocenters. The third-order valence-electron chi connectivity index (χ3n) is 2.46. The van der Waals surface area contributed by atoms with Gasteiger partial charge in [0.1, 0.15) is 0 Å². The zero-order chi connectivity index (χ0) is 11.7. The van der Waals surface area contributed by atoms with E-state index in [-0.39, 0.29) is 12.8 Å². The molecule has 4 nitrogen and oxygen atoms in total. The average molecular weight is 216 g/mol. The van der Waals surface area contributed by atoms with Crippen molar-refractivity contribution in [3.8, 4) is 0 Å². The zero-order valence-corrected chi connectivity index (χ0v) is 9.24. The van der Waals surface area contributed by atoms with Crippen molar-refractivity contribution in [1.82, 2.24) is 0 Å². The Balaban J connectivity index is 3.73. The third-order valence-corrected chi connectivity index (χ3v) is 2.46. The molecular weight excluding hydrogens is 196 g/mol. The van der Waals surface area contributed by atoms with Crippen molar-refractivity contribution in [2.45, 2.75) is 51.9 Å². The molecule has 0 spiro atoms. The first-order chi connectivity index (χ1) is 7.07. The van der Waals surface area contributed by atoms with Crippen molar-refractivity contribution in [1.29, 1.82) is 0 Å². The number of unbranched alkanes of at least 4 members (excludes halogenated alkanes) is 3. The lowest BCUT2D eigenvalue weighted by Crippen LogP contribution is -2.15. The minimum atomic E-state index is -0.921. The highest BCUT2D eigenvalue weighted by Crippen LogP contribution is 2.16. The van der Waals surface area contributed by atoms with Crippen LogP contribution in [-0.4, -0.2) is 22.2 Å². The van der Waals surface area contributed by atoms with E-state index in [4.69, 9.17) is 10.2 Å². The predicted octanol–water partition coefficient (Wildman–Crippen LogP) is 2.52. The average Bonchev–Trinajstić information content (AvgIpc) is 2.15. The molecule has 0 fully saturated rings. The molecule has 0 aromatic heterocycles. The van der Waals surface area contributed by atoms with Gasteiger partial charge in [-0.25, -0.2) is 0 Å². The summed E-state index contributed by atoms with van der Waals surface area (Å²) in [6, 6.07) is 0. The summed E-state index contributed by atoms with van der Waals surface area (Å²) >= 11 is 0. The fourth-order valence-corrected chi connectivity index (χ4v) is 1.51. The molecule has 0 aromatic carbocycles. The van der Waals surface area contributed by atoms with Crippen LogP contribution in [0.1, 0.15) is 51.9 Å². The first kappa shape index (κ1) is 13.9. The van der Waals surface area contributed by atoms with Crippen molar-refractivity contribution in [3.63, 3.8) is 0 Å². The number of carboxylic acid groups (broad SMARTS) is 2. The summed E-state index contributed by atoms with van der Waals surface area (Å²) in [6.45, 7) is 2.10. The molecule has 0 aromatic rings. The zero-order valence-electron chi connectivity index (χ0n) is 9.24. The molecule has 0 unspecified atom stereocenters. The summed E-state index contributed by atoms with van der Waals surface area (Å²) in [5, 5.41) is 17.3. The Kier molecular flexibility index (Phi) is 7.68. The van der Waals surface area contributed by atoms with Crippen LogP contribution >= 0.6 is 0 Å². The van der Waals surface area contributed by atoms with Gasteiger partial charge in [-0.05, 0) is 12.8 Å². The lowest BCUT2D eigenvalue weighted by atomic mass is 9.96. The fraction of sp³-hybridized carbons (Fsp3) is 0.818. The van der Waals surface area contributed by atoms with Crippen LogP contribution in [0.3, 0.4) is 0 Å². The highest BCUT2D eigenvalue weighted by atomic mass is 16.4. The number of hydrogen-bond acceptors (Lipinski definition) is 2. The number of carboxylic acids is 2. The molecule has 0 rings (SSSR count). The molecular formula is C11H20O4. The van der Waals surface area contributed by atoms with E-state index in [1.54, 1.807) is 0 Å². The maximum absolute atomic E-state index is 10.8. The molecule has 15 heavy (non-hydrogen) atoms. The van der Waals surface area contributed by atoms with Crippen molar-refractivity contribution in [2.75, 3.05) is 0 Å². The van der Waals surface area contributed by atoms with Crippen molar-refractivity contribution < 1.29 is 19.8 Å². The van der Waals surface area contributed by atoms with Crippen LogP contribution in [0.2, 0.25) is 0 Å². The van der Waals surface area contributed by atoms with E-state index < -0.39 is 17.9 Å². The van der Waals surface area contributed by atoms with Gasteiger partial charge in [0, 0.05) is 6.42 Å². The molecule has 0 bridgehead atoms. The lowest BCUT2D eigenvalue weighted by molar-refractivity contribution is -0.143. The second kappa shape index (κ2) is 8.26. The van der Waals surface area contributed by atoms with E-state index in [0.29, 0.717) is 6.42 Å². The molecule has 0 amide bonds. The number of hydrogen-bond donors (Lipinski definition) is 2. The van der Waals surface area contributed by atoms with E-state index in [0.717, 1.165) is 25.7 Å². The molecule has 0 saturated carbocycles. The molecule has 4 heteroatoms. The first-order valence-electron chi connectivity index (χ1n) is 5.52. The molecule has 0 saturated heterocycles. The van der Waals surface area contributed by atoms with E-state index in [2.05, 4.69) is 6.92 Å². The van der Waals surface area contributed by atoms with Crippen LogP contribution in [0.4, 0.5) is 0 Å². The Morgan fingerprint density at radius 1 is 1.07 bits per heavy atom. The van der Waals surface area contributed by atoms with Gasteiger partial charge >= 0.3 is 11.9 Å². The van der Waals surface area contributed by atoms with Gasteiger partial charge in [-0.2, -0.15) is 0 Å². The van der Waals surface area contributed by atoms with E-state index in [1.165, 1.54) is 0 Å². The molecule has 88 valence electrons. The van der Waals surface area contributed by atoms with Gasteiger partial charge in [-0.1, -0.05) is 32.6 Å². The summed E-state index contributed by atoms with van der Waals surface area (Å²) in [5.74, 6) is -2.28. The minimum Gasteiger partial charge on any atom is -0.481 e. The summed E-state index contributed by atoms with van der Waals surface area (Å²) in [7, 11) is 0. The van der Waals surface area contributed by atoms with E-state index >= 15 is 0 Å². The van der Waals surface area contributed by atoms with E-state index in [1.807, 2.05) is 0 Å². The maximum atomic E-state index is 10.8. The smallest absolute Gasteiger partial charge is 0.306 e.